The Hall–Kier alpha value is -1.26. The standard InChI is InChI=1S/C17H28N4/c1-2-15-9-13-20(14-10-15)11-5-6-12-21-18-16-7-3-4-8-17(16)19-21/h3-4,7-8,15,18-19H,2,5-6,9-14H2,1H3. The van der Waals surface area contributed by atoms with Crippen molar-refractivity contribution in [3.05, 3.63) is 24.3 Å². The van der Waals surface area contributed by atoms with Crippen LogP contribution in [0, 0.1) is 5.92 Å². The highest BCUT2D eigenvalue weighted by Crippen LogP contribution is 2.27. The van der Waals surface area contributed by atoms with Crippen LogP contribution in [0.2, 0.25) is 0 Å². The number of benzene rings is 1. The maximum absolute atomic E-state index is 3.39. The number of unbranched alkanes of at least 4 members (excludes halogenated alkanes) is 1. The number of nitrogens with one attached hydrogen (secondary N) is 2. The van der Waals surface area contributed by atoms with Crippen molar-refractivity contribution >= 4 is 11.4 Å². The number of fused-ring (bicyclic) bond motifs is 1. The van der Waals surface area contributed by atoms with E-state index in [2.05, 4.69) is 52.1 Å². The molecular weight excluding hydrogens is 260 g/mol. The normalized spacial score (nSPS) is 20.0. The second kappa shape index (κ2) is 7.14. The van der Waals surface area contributed by atoms with Crippen LogP contribution in [-0.2, 0) is 0 Å². The number of rotatable bonds is 6. The molecular formula is C17H28N4. The van der Waals surface area contributed by atoms with Crippen molar-refractivity contribution in [1.29, 1.82) is 0 Å². The predicted octanol–water partition coefficient (Wildman–Crippen LogP) is 3.56. The third-order valence-corrected chi connectivity index (χ3v) is 4.83. The molecule has 1 saturated heterocycles. The summed E-state index contributed by atoms with van der Waals surface area (Å²) >= 11 is 0. The van der Waals surface area contributed by atoms with Gasteiger partial charge in [-0.1, -0.05) is 25.5 Å². The first-order chi connectivity index (χ1) is 10.3. The summed E-state index contributed by atoms with van der Waals surface area (Å²) in [5.41, 5.74) is 9.15. The Kier molecular flexibility index (Phi) is 4.99. The van der Waals surface area contributed by atoms with Crippen LogP contribution >= 0.6 is 0 Å². The molecule has 2 aliphatic heterocycles. The number of likely N-dealkylation sites (tertiary alicyclic amines) is 1. The third kappa shape index (κ3) is 3.89. The Labute approximate surface area is 128 Å². The van der Waals surface area contributed by atoms with E-state index in [0.29, 0.717) is 0 Å². The molecule has 1 fully saturated rings. The molecule has 21 heavy (non-hydrogen) atoms. The quantitative estimate of drug-likeness (QED) is 0.784. The molecule has 0 radical (unpaired) electrons. The van der Waals surface area contributed by atoms with Crippen molar-refractivity contribution < 1.29 is 0 Å². The van der Waals surface area contributed by atoms with Crippen molar-refractivity contribution in [3.63, 3.8) is 0 Å². The summed E-state index contributed by atoms with van der Waals surface area (Å²) in [6.45, 7) is 7.25. The van der Waals surface area contributed by atoms with Gasteiger partial charge in [-0.05, 0) is 63.4 Å². The highest BCUT2D eigenvalue weighted by Gasteiger charge is 2.18. The minimum absolute atomic E-state index is 0.984. The zero-order valence-corrected chi connectivity index (χ0v) is 13.1. The molecule has 2 N–H and O–H groups in total. The van der Waals surface area contributed by atoms with Crippen molar-refractivity contribution in [2.75, 3.05) is 37.0 Å². The maximum atomic E-state index is 3.39. The van der Waals surface area contributed by atoms with Gasteiger partial charge >= 0.3 is 0 Å². The minimum Gasteiger partial charge on any atom is -0.303 e. The van der Waals surface area contributed by atoms with Gasteiger partial charge in [-0.2, -0.15) is 0 Å². The van der Waals surface area contributed by atoms with Gasteiger partial charge in [0.05, 0.1) is 11.4 Å². The van der Waals surface area contributed by atoms with Gasteiger partial charge in [0.2, 0.25) is 0 Å². The van der Waals surface area contributed by atoms with E-state index >= 15 is 0 Å². The molecule has 2 aliphatic rings. The van der Waals surface area contributed by atoms with Crippen LogP contribution in [0.3, 0.4) is 0 Å². The Morgan fingerprint density at radius 2 is 1.62 bits per heavy atom. The molecule has 1 aromatic carbocycles. The van der Waals surface area contributed by atoms with Gasteiger partial charge in [0.15, 0.2) is 0 Å². The van der Waals surface area contributed by atoms with E-state index < -0.39 is 0 Å². The predicted molar refractivity (Wildman–Crippen MR) is 89.1 cm³/mol. The fraction of sp³-hybridized carbons (Fsp3) is 0.647. The number of hydrogen-bond donors (Lipinski definition) is 2. The number of hydrogen-bond acceptors (Lipinski definition) is 4. The van der Waals surface area contributed by atoms with E-state index in [4.69, 9.17) is 0 Å². The molecule has 0 unspecified atom stereocenters. The molecule has 1 aromatic rings. The molecule has 0 amide bonds. The van der Waals surface area contributed by atoms with E-state index in [9.17, 15) is 0 Å². The average molecular weight is 288 g/mol. The summed E-state index contributed by atoms with van der Waals surface area (Å²) < 4.78 is 0. The van der Waals surface area contributed by atoms with Crippen LogP contribution in [0.4, 0.5) is 11.4 Å². The molecule has 0 aliphatic carbocycles. The van der Waals surface area contributed by atoms with Gasteiger partial charge in [0.25, 0.3) is 0 Å². The number of anilines is 2. The topological polar surface area (TPSA) is 30.5 Å². The zero-order valence-electron chi connectivity index (χ0n) is 13.1. The van der Waals surface area contributed by atoms with Gasteiger partial charge in [-0.3, -0.25) is 10.9 Å². The lowest BCUT2D eigenvalue weighted by Gasteiger charge is -2.31. The van der Waals surface area contributed by atoms with E-state index in [1.807, 2.05) is 0 Å². The average Bonchev–Trinajstić information content (AvgIpc) is 2.95. The van der Waals surface area contributed by atoms with Crippen LogP contribution < -0.4 is 10.9 Å². The van der Waals surface area contributed by atoms with Crippen molar-refractivity contribution in [1.82, 2.24) is 10.0 Å². The van der Waals surface area contributed by atoms with Crippen LogP contribution in [-0.4, -0.2) is 36.2 Å². The van der Waals surface area contributed by atoms with Crippen LogP contribution in [0.15, 0.2) is 24.3 Å². The first-order valence-electron chi connectivity index (χ1n) is 8.47. The third-order valence-electron chi connectivity index (χ3n) is 4.83. The summed E-state index contributed by atoms with van der Waals surface area (Å²) in [5, 5.41) is 2.11. The summed E-state index contributed by atoms with van der Waals surface area (Å²) in [5.74, 6) is 0.984. The van der Waals surface area contributed by atoms with Gasteiger partial charge in [0.1, 0.15) is 0 Å². The highest BCUT2D eigenvalue weighted by atomic mass is 15.8. The van der Waals surface area contributed by atoms with Gasteiger partial charge in [-0.25, -0.2) is 0 Å². The molecule has 0 saturated carbocycles. The van der Waals surface area contributed by atoms with Crippen LogP contribution in [0.25, 0.3) is 0 Å². The number of para-hydroxylation sites is 2. The van der Waals surface area contributed by atoms with Crippen molar-refractivity contribution in [2.24, 2.45) is 5.92 Å². The summed E-state index contributed by atoms with van der Waals surface area (Å²) in [4.78, 5) is 2.64. The lowest BCUT2D eigenvalue weighted by atomic mass is 9.94. The first-order valence-corrected chi connectivity index (χ1v) is 8.47. The van der Waals surface area contributed by atoms with E-state index in [0.717, 1.165) is 12.5 Å². The summed E-state index contributed by atoms with van der Waals surface area (Å²) in [6, 6.07) is 8.36. The van der Waals surface area contributed by atoms with E-state index in [1.54, 1.807) is 0 Å². The summed E-state index contributed by atoms with van der Waals surface area (Å²) in [6.07, 6.45) is 6.68. The Morgan fingerprint density at radius 1 is 1.00 bits per heavy atom. The van der Waals surface area contributed by atoms with Crippen molar-refractivity contribution in [3.8, 4) is 0 Å². The monoisotopic (exact) mass is 288 g/mol. The second-order valence-corrected chi connectivity index (χ2v) is 6.32. The molecule has 0 aromatic heterocycles. The molecule has 2 heterocycles. The maximum Gasteiger partial charge on any atom is 0.0753 e. The largest absolute Gasteiger partial charge is 0.303 e. The lowest BCUT2D eigenvalue weighted by Crippen LogP contribution is -2.35. The lowest BCUT2D eigenvalue weighted by molar-refractivity contribution is 0.177. The summed E-state index contributed by atoms with van der Waals surface area (Å²) in [7, 11) is 0. The Balaban J connectivity index is 1.30. The van der Waals surface area contributed by atoms with E-state index in [-0.39, 0.29) is 0 Å². The second-order valence-electron chi connectivity index (χ2n) is 6.32. The van der Waals surface area contributed by atoms with Gasteiger partial charge < -0.3 is 4.90 Å². The van der Waals surface area contributed by atoms with Gasteiger partial charge in [-0.15, -0.1) is 5.12 Å². The number of hydrazine groups is 2. The van der Waals surface area contributed by atoms with Crippen molar-refractivity contribution in [2.45, 2.75) is 39.0 Å². The molecule has 0 spiro atoms. The molecule has 0 atom stereocenters. The molecule has 0 bridgehead atoms. The molecule has 4 nitrogen and oxygen atoms in total. The first kappa shape index (κ1) is 14.7. The van der Waals surface area contributed by atoms with Crippen LogP contribution in [0.1, 0.15) is 39.0 Å². The minimum atomic E-state index is 0.984. The molecule has 4 heteroatoms. The Bertz CT molecular complexity index is 415. The van der Waals surface area contributed by atoms with Crippen LogP contribution in [0.5, 0.6) is 0 Å². The van der Waals surface area contributed by atoms with E-state index in [1.165, 1.54) is 63.1 Å². The van der Waals surface area contributed by atoms with Gasteiger partial charge in [0, 0.05) is 6.54 Å². The highest BCUT2D eigenvalue weighted by molar-refractivity contribution is 5.71. The fourth-order valence-corrected chi connectivity index (χ4v) is 3.33. The smallest absolute Gasteiger partial charge is 0.0753 e. The number of nitrogens with zero attached hydrogens (tertiary/aromatic N) is 2. The SMILES string of the molecule is CCC1CCN(CCCCN2Nc3ccccc3N2)CC1. The zero-order chi connectivity index (χ0) is 14.5. The number of piperidine rings is 1. The Morgan fingerprint density at radius 3 is 2.24 bits per heavy atom. The molecule has 3 rings (SSSR count). The molecule has 116 valence electrons. The fourth-order valence-electron chi connectivity index (χ4n) is 3.33.